The molecule has 0 amide bonds. The number of pyridine rings is 2. The van der Waals surface area contributed by atoms with Gasteiger partial charge in [-0.15, -0.1) is 54.1 Å². The van der Waals surface area contributed by atoms with Gasteiger partial charge in [0, 0.05) is 43.1 Å². The van der Waals surface area contributed by atoms with Crippen molar-refractivity contribution in [3.63, 3.8) is 0 Å². The Morgan fingerprint density at radius 2 is 1.38 bits per heavy atom. The maximum Gasteiger partial charge on any atom is 0.168 e. The van der Waals surface area contributed by atoms with E-state index in [1.165, 1.54) is 33.1 Å². The van der Waals surface area contributed by atoms with E-state index in [4.69, 9.17) is 14.4 Å². The van der Waals surface area contributed by atoms with Gasteiger partial charge in [-0.25, -0.2) is 4.98 Å². The molecule has 0 aliphatic carbocycles. The van der Waals surface area contributed by atoms with E-state index in [1.54, 1.807) is 0 Å². The molecule has 4 aromatic heterocycles. The molecule has 5 nitrogen and oxygen atoms in total. The first-order chi connectivity index (χ1) is 27.5. The van der Waals surface area contributed by atoms with Gasteiger partial charge in [-0.3, -0.25) is 4.98 Å². The van der Waals surface area contributed by atoms with E-state index < -0.39 is 8.07 Å². The van der Waals surface area contributed by atoms with Gasteiger partial charge >= 0.3 is 0 Å². The normalized spacial score (nSPS) is 11.6. The quantitative estimate of drug-likeness (QED) is 0.118. The predicted molar refractivity (Wildman–Crippen MR) is 240 cm³/mol. The zero-order chi connectivity index (χ0) is 39.8. The van der Waals surface area contributed by atoms with Gasteiger partial charge in [0.15, 0.2) is 5.65 Å². The van der Waals surface area contributed by atoms with Crippen LogP contribution in [0.2, 0.25) is 19.6 Å². The minimum Gasteiger partial charge on any atom is -0.501 e. The van der Waals surface area contributed by atoms with Crippen molar-refractivity contribution in [2.24, 2.45) is 0 Å². The molecule has 0 atom stereocenters. The number of aryl methyl sites for hydroxylation is 1. The number of nitrogens with zero attached hydrogens (tertiary/aromatic N) is 4. The molecule has 58 heavy (non-hydrogen) atoms. The molecule has 0 N–H and O–H groups in total. The maximum atomic E-state index is 6.48. The topological polar surface area (TPSA) is 56.7 Å². The Labute approximate surface area is 356 Å². The summed E-state index contributed by atoms with van der Waals surface area (Å²) in [6.07, 6.45) is 2.02. The molecule has 9 rings (SSSR count). The second-order valence-electron chi connectivity index (χ2n) is 16.4. The average Bonchev–Trinajstić information content (AvgIpc) is 3.79. The molecule has 0 saturated carbocycles. The molecule has 9 aromatic rings. The zero-order valence-electron chi connectivity index (χ0n) is 34.4. The van der Waals surface area contributed by atoms with Crippen LogP contribution >= 0.6 is 0 Å². The molecule has 293 valence electrons. The number of para-hydroxylation sites is 1. The Morgan fingerprint density at radius 3 is 2.03 bits per heavy atom. The van der Waals surface area contributed by atoms with E-state index in [9.17, 15) is 0 Å². The van der Waals surface area contributed by atoms with E-state index in [0.717, 1.165) is 61.4 Å². The van der Waals surface area contributed by atoms with Crippen LogP contribution in [-0.4, -0.2) is 27.6 Å². The summed E-state index contributed by atoms with van der Waals surface area (Å²) in [5, 5.41) is 3.55. The molecule has 5 aromatic carbocycles. The average molecular weight is 953 g/mol. The van der Waals surface area contributed by atoms with Crippen LogP contribution in [0.3, 0.4) is 0 Å². The fourth-order valence-electron chi connectivity index (χ4n) is 7.47. The number of rotatable bonds is 7. The molecule has 1 radical (unpaired) electrons. The third-order valence-corrected chi connectivity index (χ3v) is 12.6. The molecule has 0 aliphatic rings. The second kappa shape index (κ2) is 16.8. The molecule has 0 bridgehead atoms. The molecular formula is C51H48IrN4OSi-2. The van der Waals surface area contributed by atoms with Crippen molar-refractivity contribution in [2.45, 2.75) is 66.1 Å². The molecule has 0 saturated heterocycles. The van der Waals surface area contributed by atoms with Gasteiger partial charge < -0.3 is 14.0 Å². The predicted octanol–water partition coefficient (Wildman–Crippen LogP) is 13.1. The minimum absolute atomic E-state index is 0. The van der Waals surface area contributed by atoms with Crippen LogP contribution in [0.15, 0.2) is 138 Å². The number of furan rings is 1. The Kier molecular flexibility index (Phi) is 11.8. The van der Waals surface area contributed by atoms with Crippen molar-refractivity contribution in [2.75, 3.05) is 0 Å². The first kappa shape index (κ1) is 40.7. The molecule has 0 fully saturated rings. The third kappa shape index (κ3) is 8.00. The van der Waals surface area contributed by atoms with Gasteiger partial charge in [-0.2, -0.15) is 0 Å². The van der Waals surface area contributed by atoms with Crippen LogP contribution in [0.1, 0.15) is 56.4 Å². The van der Waals surface area contributed by atoms with Crippen LogP contribution in [0.4, 0.5) is 0 Å². The Balaban J connectivity index is 0.000000254. The molecular weight excluding hydrogens is 905 g/mol. The molecule has 0 aliphatic heterocycles. The fourth-order valence-corrected chi connectivity index (χ4v) is 8.51. The Morgan fingerprint density at radius 1 is 0.672 bits per heavy atom. The van der Waals surface area contributed by atoms with Crippen molar-refractivity contribution in [1.29, 1.82) is 0 Å². The van der Waals surface area contributed by atoms with E-state index in [1.807, 2.05) is 61.7 Å². The van der Waals surface area contributed by atoms with Crippen molar-refractivity contribution in [3.8, 4) is 39.5 Å². The Hall–Kier alpha value is -5.46. The van der Waals surface area contributed by atoms with Crippen molar-refractivity contribution < 1.29 is 24.5 Å². The van der Waals surface area contributed by atoms with Gasteiger partial charge in [0.1, 0.15) is 5.58 Å². The van der Waals surface area contributed by atoms with Gasteiger partial charge in [-0.05, 0) is 82.2 Å². The monoisotopic (exact) mass is 953 g/mol. The first-order valence-corrected chi connectivity index (χ1v) is 23.3. The zero-order valence-corrected chi connectivity index (χ0v) is 37.8. The summed E-state index contributed by atoms with van der Waals surface area (Å²) in [5.41, 5.74) is 13.3. The second-order valence-corrected chi connectivity index (χ2v) is 21.5. The summed E-state index contributed by atoms with van der Waals surface area (Å²) in [6.45, 7) is 18.1. The van der Waals surface area contributed by atoms with E-state index >= 15 is 0 Å². The fraction of sp³-hybridized carbons (Fsp3) is 0.196. The molecule has 4 heterocycles. The number of benzene rings is 5. The largest absolute Gasteiger partial charge is 0.501 e. The maximum absolute atomic E-state index is 6.48. The summed E-state index contributed by atoms with van der Waals surface area (Å²) in [5.74, 6) is 1.35. The minimum atomic E-state index is -1.23. The van der Waals surface area contributed by atoms with Crippen molar-refractivity contribution >= 4 is 46.4 Å². The number of fused-ring (bicyclic) bond motifs is 4. The number of hydrogen-bond donors (Lipinski definition) is 0. The van der Waals surface area contributed by atoms with Crippen LogP contribution in [0.25, 0.3) is 72.6 Å². The SMILES string of the molecule is C[Si](C)(C)c1ccc(-c2[c-]cccc2)nc1.Cc1ccc2c(n1)nc(-c1[c-]ccc3c1oc1ccccc13)n2-c1c(C(C)C)cc(-c2ccccc2)cc1C(C)C.[Ir]. The summed E-state index contributed by atoms with van der Waals surface area (Å²) in [7, 11) is -1.23. The van der Waals surface area contributed by atoms with E-state index in [-0.39, 0.29) is 31.9 Å². The van der Waals surface area contributed by atoms with Gasteiger partial charge in [0.05, 0.1) is 25.0 Å². The Bertz CT molecular complexity index is 2810. The molecule has 7 heteroatoms. The molecule has 0 spiro atoms. The van der Waals surface area contributed by atoms with Crippen molar-refractivity contribution in [3.05, 3.63) is 163 Å². The van der Waals surface area contributed by atoms with Crippen molar-refractivity contribution in [1.82, 2.24) is 19.5 Å². The van der Waals surface area contributed by atoms with Crippen LogP contribution in [0, 0.1) is 19.1 Å². The van der Waals surface area contributed by atoms with Crippen LogP contribution < -0.4 is 5.19 Å². The van der Waals surface area contributed by atoms with Gasteiger partial charge in [0.2, 0.25) is 0 Å². The summed E-state index contributed by atoms with van der Waals surface area (Å²) in [4.78, 5) is 14.6. The van der Waals surface area contributed by atoms with E-state index in [2.05, 4.69) is 148 Å². The first-order valence-electron chi connectivity index (χ1n) is 19.8. The molecule has 0 unspecified atom stereocenters. The van der Waals surface area contributed by atoms with Crippen LogP contribution in [0.5, 0.6) is 0 Å². The summed E-state index contributed by atoms with van der Waals surface area (Å²) in [6, 6.07) is 50.7. The summed E-state index contributed by atoms with van der Waals surface area (Å²) >= 11 is 0. The standard InChI is InChI=1S/C37H32N3O.C14H16NSi.Ir/c1-22(2)30-20-26(25-12-7-6-8-13-25)21-31(23(3)4)34(30)40-32-19-18-24(5)38-36(32)39-37(40)29-16-11-15-28-27-14-9-10-17-33(27)41-35(28)29;1-16(2,3)13-9-10-14(15-11-13)12-7-5-4-6-8-12;/h6-15,17-23H,1-5H3;4-7,9-11H,1-3H3;/q2*-1;. The number of imidazole rings is 1. The van der Waals surface area contributed by atoms with E-state index in [0.29, 0.717) is 0 Å². The number of hydrogen-bond acceptors (Lipinski definition) is 4. The van der Waals surface area contributed by atoms with Gasteiger partial charge in [-0.1, -0.05) is 119 Å². The smallest absolute Gasteiger partial charge is 0.168 e. The summed E-state index contributed by atoms with van der Waals surface area (Å²) < 4.78 is 8.78. The number of aromatic nitrogens is 4. The third-order valence-electron chi connectivity index (χ3n) is 10.6. The van der Waals surface area contributed by atoms with Crippen LogP contribution in [-0.2, 0) is 20.1 Å². The van der Waals surface area contributed by atoms with Gasteiger partial charge in [0.25, 0.3) is 0 Å².